The highest BCUT2D eigenvalue weighted by Gasteiger charge is 2.11. The van der Waals surface area contributed by atoms with Crippen LogP contribution in [-0.2, 0) is 11.3 Å². The predicted molar refractivity (Wildman–Crippen MR) is 86.1 cm³/mol. The SMILES string of the molecule is CCCOc1c(Br)cc(CNCCOCCO)cc1OC. The zero-order valence-corrected chi connectivity index (χ0v) is 14.2. The van der Waals surface area contributed by atoms with Gasteiger partial charge in [-0.25, -0.2) is 0 Å². The molecule has 0 saturated carbocycles. The van der Waals surface area contributed by atoms with Crippen LogP contribution < -0.4 is 14.8 Å². The van der Waals surface area contributed by atoms with Crippen molar-refractivity contribution in [3.05, 3.63) is 22.2 Å². The first-order chi connectivity index (χ1) is 10.2. The van der Waals surface area contributed by atoms with E-state index in [1.165, 1.54) is 0 Å². The molecule has 2 N–H and O–H groups in total. The van der Waals surface area contributed by atoms with Gasteiger partial charge in [0.1, 0.15) is 0 Å². The van der Waals surface area contributed by atoms with Crippen molar-refractivity contribution in [2.45, 2.75) is 19.9 Å². The van der Waals surface area contributed by atoms with Crippen LogP contribution in [0.4, 0.5) is 0 Å². The van der Waals surface area contributed by atoms with Gasteiger partial charge in [-0.3, -0.25) is 0 Å². The zero-order chi connectivity index (χ0) is 15.5. The number of halogens is 1. The summed E-state index contributed by atoms with van der Waals surface area (Å²) in [6.45, 7) is 5.19. The molecule has 120 valence electrons. The molecule has 0 saturated heterocycles. The van der Waals surface area contributed by atoms with E-state index in [2.05, 4.69) is 28.2 Å². The van der Waals surface area contributed by atoms with Crippen molar-refractivity contribution in [2.24, 2.45) is 0 Å². The van der Waals surface area contributed by atoms with E-state index in [-0.39, 0.29) is 6.61 Å². The van der Waals surface area contributed by atoms with Crippen molar-refractivity contribution in [3.8, 4) is 11.5 Å². The standard InChI is InChI=1S/C15H24BrNO4/c1-3-6-21-15-13(16)9-12(10-14(15)19-2)11-17-4-7-20-8-5-18/h9-10,17-18H,3-8,11H2,1-2H3. The van der Waals surface area contributed by atoms with Gasteiger partial charge in [0.05, 0.1) is 38.0 Å². The zero-order valence-electron chi connectivity index (χ0n) is 12.7. The topological polar surface area (TPSA) is 60.0 Å². The Hall–Kier alpha value is -0.820. The van der Waals surface area contributed by atoms with E-state index in [1.807, 2.05) is 12.1 Å². The van der Waals surface area contributed by atoms with Gasteiger partial charge in [-0.15, -0.1) is 0 Å². The number of ether oxygens (including phenoxy) is 3. The van der Waals surface area contributed by atoms with Gasteiger partial charge in [-0.05, 0) is 40.0 Å². The van der Waals surface area contributed by atoms with Gasteiger partial charge < -0.3 is 24.6 Å². The first-order valence-electron chi connectivity index (χ1n) is 7.11. The van der Waals surface area contributed by atoms with Crippen molar-refractivity contribution < 1.29 is 19.3 Å². The minimum atomic E-state index is 0.0589. The predicted octanol–water partition coefficient (Wildman–Crippen LogP) is 2.34. The third-order valence-electron chi connectivity index (χ3n) is 2.73. The number of aliphatic hydroxyl groups is 1. The molecule has 0 aliphatic heterocycles. The third kappa shape index (κ3) is 6.65. The van der Waals surface area contributed by atoms with Gasteiger partial charge in [0.15, 0.2) is 11.5 Å². The number of nitrogens with one attached hydrogen (secondary N) is 1. The van der Waals surface area contributed by atoms with Gasteiger partial charge in [0.2, 0.25) is 0 Å². The second-order valence-corrected chi connectivity index (χ2v) is 5.32. The molecule has 1 rings (SSSR count). The maximum absolute atomic E-state index is 8.60. The van der Waals surface area contributed by atoms with Gasteiger partial charge >= 0.3 is 0 Å². The molecule has 1 aromatic carbocycles. The number of benzene rings is 1. The Morgan fingerprint density at radius 1 is 1.24 bits per heavy atom. The lowest BCUT2D eigenvalue weighted by Crippen LogP contribution is -2.20. The fourth-order valence-electron chi connectivity index (χ4n) is 1.76. The van der Waals surface area contributed by atoms with Crippen LogP contribution in [0.3, 0.4) is 0 Å². The molecule has 0 unspecified atom stereocenters. The van der Waals surface area contributed by atoms with Crippen LogP contribution in [-0.4, -0.2) is 45.2 Å². The highest BCUT2D eigenvalue weighted by molar-refractivity contribution is 9.10. The normalized spacial score (nSPS) is 10.7. The van der Waals surface area contributed by atoms with E-state index in [4.69, 9.17) is 19.3 Å². The van der Waals surface area contributed by atoms with Crippen molar-refractivity contribution in [2.75, 3.05) is 40.1 Å². The molecule has 0 heterocycles. The molecule has 0 amide bonds. The maximum Gasteiger partial charge on any atom is 0.175 e. The Kier molecular flexibility index (Phi) is 9.41. The number of hydrogen-bond acceptors (Lipinski definition) is 5. The summed E-state index contributed by atoms with van der Waals surface area (Å²) >= 11 is 3.53. The highest BCUT2D eigenvalue weighted by atomic mass is 79.9. The highest BCUT2D eigenvalue weighted by Crippen LogP contribution is 2.36. The van der Waals surface area contributed by atoms with E-state index < -0.39 is 0 Å². The molecule has 0 radical (unpaired) electrons. The molecule has 0 aliphatic carbocycles. The second-order valence-electron chi connectivity index (χ2n) is 4.47. The Morgan fingerprint density at radius 3 is 2.71 bits per heavy atom. The fraction of sp³-hybridized carbons (Fsp3) is 0.600. The maximum atomic E-state index is 8.60. The molecule has 21 heavy (non-hydrogen) atoms. The van der Waals surface area contributed by atoms with E-state index in [1.54, 1.807) is 7.11 Å². The van der Waals surface area contributed by atoms with Crippen LogP contribution in [0.1, 0.15) is 18.9 Å². The van der Waals surface area contributed by atoms with Crippen molar-refractivity contribution in [1.82, 2.24) is 5.32 Å². The van der Waals surface area contributed by atoms with Crippen LogP contribution >= 0.6 is 15.9 Å². The summed E-state index contributed by atoms with van der Waals surface area (Å²) in [5.74, 6) is 1.47. The molecule has 0 aliphatic rings. The summed E-state index contributed by atoms with van der Waals surface area (Å²) in [5, 5.41) is 11.9. The average Bonchev–Trinajstić information content (AvgIpc) is 2.49. The summed E-state index contributed by atoms with van der Waals surface area (Å²) in [6.07, 6.45) is 0.951. The minimum Gasteiger partial charge on any atom is -0.493 e. The van der Waals surface area contributed by atoms with Crippen LogP contribution in [0.2, 0.25) is 0 Å². The molecule has 6 heteroatoms. The van der Waals surface area contributed by atoms with Gasteiger partial charge in [-0.1, -0.05) is 6.92 Å². The Bertz CT molecular complexity index is 415. The van der Waals surface area contributed by atoms with Crippen LogP contribution in [0.15, 0.2) is 16.6 Å². The summed E-state index contributed by atoms with van der Waals surface area (Å²) in [6, 6.07) is 3.99. The molecule has 5 nitrogen and oxygen atoms in total. The molecular weight excluding hydrogens is 338 g/mol. The molecule has 0 bridgehead atoms. The summed E-state index contributed by atoms with van der Waals surface area (Å²) in [5.41, 5.74) is 1.10. The van der Waals surface area contributed by atoms with E-state index in [0.717, 1.165) is 34.5 Å². The first kappa shape index (κ1) is 18.2. The van der Waals surface area contributed by atoms with E-state index in [9.17, 15) is 0 Å². The lowest BCUT2D eigenvalue weighted by atomic mass is 10.2. The summed E-state index contributed by atoms with van der Waals surface area (Å²) < 4.78 is 17.2. The molecule has 0 fully saturated rings. The van der Waals surface area contributed by atoms with Crippen molar-refractivity contribution in [1.29, 1.82) is 0 Å². The van der Waals surface area contributed by atoms with Gasteiger partial charge in [0, 0.05) is 13.1 Å². The van der Waals surface area contributed by atoms with Gasteiger partial charge in [-0.2, -0.15) is 0 Å². The molecule has 0 aromatic heterocycles. The number of rotatable bonds is 11. The minimum absolute atomic E-state index is 0.0589. The van der Waals surface area contributed by atoms with Crippen molar-refractivity contribution in [3.63, 3.8) is 0 Å². The Labute approximate surface area is 134 Å². The lowest BCUT2D eigenvalue weighted by Gasteiger charge is -2.14. The van der Waals surface area contributed by atoms with Crippen LogP contribution in [0.25, 0.3) is 0 Å². The quantitative estimate of drug-likeness (QED) is 0.592. The van der Waals surface area contributed by atoms with E-state index >= 15 is 0 Å². The smallest absolute Gasteiger partial charge is 0.175 e. The van der Waals surface area contributed by atoms with Gasteiger partial charge in [0.25, 0.3) is 0 Å². The molecule has 0 spiro atoms. The molecule has 1 aromatic rings. The number of methoxy groups -OCH3 is 1. The number of aliphatic hydroxyl groups excluding tert-OH is 1. The first-order valence-corrected chi connectivity index (χ1v) is 7.90. The molecular formula is C15H24BrNO4. The second kappa shape index (κ2) is 10.8. The monoisotopic (exact) mass is 361 g/mol. The number of hydrogen-bond donors (Lipinski definition) is 2. The van der Waals surface area contributed by atoms with E-state index in [0.29, 0.717) is 26.4 Å². The third-order valence-corrected chi connectivity index (χ3v) is 3.32. The Balaban J connectivity index is 2.53. The fourth-order valence-corrected chi connectivity index (χ4v) is 2.37. The summed E-state index contributed by atoms with van der Waals surface area (Å²) in [7, 11) is 1.64. The lowest BCUT2D eigenvalue weighted by molar-refractivity contribution is 0.0938. The largest absolute Gasteiger partial charge is 0.493 e. The van der Waals surface area contributed by atoms with Crippen molar-refractivity contribution >= 4 is 15.9 Å². The average molecular weight is 362 g/mol. The van der Waals surface area contributed by atoms with Crippen LogP contribution in [0, 0.1) is 0 Å². The Morgan fingerprint density at radius 2 is 2.05 bits per heavy atom. The van der Waals surface area contributed by atoms with Crippen LogP contribution in [0.5, 0.6) is 11.5 Å². The molecule has 0 atom stereocenters. The summed E-state index contributed by atoms with van der Waals surface area (Å²) in [4.78, 5) is 0.